The number of phenols is 2. The van der Waals surface area contributed by atoms with E-state index in [9.17, 15) is 44.1 Å². The minimum absolute atomic E-state index is 0.105. The summed E-state index contributed by atoms with van der Waals surface area (Å²) in [6.07, 6.45) is 2.42. The number of aromatic hydroxyl groups is 2. The van der Waals surface area contributed by atoms with Crippen molar-refractivity contribution in [1.82, 2.24) is 31.1 Å². The second-order valence-electron chi connectivity index (χ2n) is 16.6. The molecule has 65 heavy (non-hydrogen) atoms. The minimum atomic E-state index is -1.45. The van der Waals surface area contributed by atoms with Crippen molar-refractivity contribution in [3.63, 3.8) is 0 Å². The van der Waals surface area contributed by atoms with Gasteiger partial charge in [0.2, 0.25) is 29.5 Å². The van der Waals surface area contributed by atoms with Crippen molar-refractivity contribution < 1.29 is 44.1 Å². The van der Waals surface area contributed by atoms with Gasteiger partial charge >= 0.3 is 0 Å². The van der Waals surface area contributed by atoms with Crippen molar-refractivity contribution in [2.45, 2.75) is 88.6 Å². The Balaban J connectivity index is 1.30. The number of likely N-dealkylation sites (tertiary alicyclic amines) is 1. The Bertz CT molecular complexity index is 2400. The Morgan fingerprint density at radius 1 is 0.877 bits per heavy atom. The number of carbonyl (C=O) groups excluding carboxylic acids is 6. The van der Waals surface area contributed by atoms with E-state index in [-0.39, 0.29) is 65.2 Å². The maximum Gasteiger partial charge on any atom is 0.251 e. The van der Waals surface area contributed by atoms with Crippen molar-refractivity contribution in [3.8, 4) is 33.8 Å². The number of nitrogens with one attached hydrogen (secondary N) is 4. The zero-order valence-electron chi connectivity index (χ0n) is 36.6. The lowest BCUT2D eigenvalue weighted by atomic mass is 9.93. The zero-order chi connectivity index (χ0) is 46.9. The van der Waals surface area contributed by atoms with Crippen LogP contribution < -0.4 is 27.0 Å². The van der Waals surface area contributed by atoms with Crippen LogP contribution in [0.25, 0.3) is 22.3 Å². The molecule has 344 valence electrons. The number of amides is 6. The lowest BCUT2D eigenvalue weighted by Gasteiger charge is -2.32. The molecule has 1 fully saturated rings. The highest BCUT2D eigenvalue weighted by atomic mass is 35.5. The number of phenolic OH excluding ortho intramolecular Hbond substituents is 2. The van der Waals surface area contributed by atoms with E-state index in [1.807, 2.05) is 12.1 Å². The van der Waals surface area contributed by atoms with Crippen LogP contribution in [-0.4, -0.2) is 118 Å². The summed E-state index contributed by atoms with van der Waals surface area (Å²) >= 11 is 6.05. The number of likely N-dealkylation sites (N-methyl/N-ethyl adjacent to an activating group) is 1. The Kier molecular flexibility index (Phi) is 15.8. The Morgan fingerprint density at radius 3 is 2.18 bits per heavy atom. The second kappa shape index (κ2) is 21.5. The highest BCUT2D eigenvalue weighted by molar-refractivity contribution is 6.30. The van der Waals surface area contributed by atoms with E-state index in [1.165, 1.54) is 56.1 Å². The highest BCUT2D eigenvalue weighted by Gasteiger charge is 2.37. The number of benzene rings is 4. The third kappa shape index (κ3) is 11.4. The molecular formula is C48H56ClN7O9. The molecule has 16 nitrogen and oxygen atoms in total. The van der Waals surface area contributed by atoms with E-state index in [0.29, 0.717) is 49.4 Å². The number of nitrogens with zero attached hydrogens (tertiary/aromatic N) is 2. The fraction of sp³-hybridized carbons (Fsp3) is 0.375. The smallest absolute Gasteiger partial charge is 0.251 e. The fourth-order valence-corrected chi connectivity index (χ4v) is 8.40. The SMILES string of the molecule is C[C@@H]1NC(=O)[C@@H](N(C)C(=O)[C@H](CCCCN)NC(=O)c2ccc(-c3ccc(Cl)cc3)cc2)c2ccc(O)c(c2)-c2cc(ccc2O)C[C@@H](C(=O)N[C@@H](C)C(=O)N2CCC[C@H]2CO)NC1=O. The van der Waals surface area contributed by atoms with Gasteiger partial charge in [-0.1, -0.05) is 48.0 Å². The molecule has 6 rings (SSSR count). The summed E-state index contributed by atoms with van der Waals surface area (Å²) in [5, 5.41) is 43.6. The number of aliphatic hydroxyl groups is 1. The fourth-order valence-electron chi connectivity index (χ4n) is 8.28. The van der Waals surface area contributed by atoms with Gasteiger partial charge in [-0.2, -0.15) is 0 Å². The van der Waals surface area contributed by atoms with Crippen LogP contribution in [0.4, 0.5) is 0 Å². The van der Waals surface area contributed by atoms with E-state index in [2.05, 4.69) is 21.3 Å². The van der Waals surface area contributed by atoms with Gasteiger partial charge in [-0.25, -0.2) is 0 Å². The van der Waals surface area contributed by atoms with E-state index in [4.69, 9.17) is 17.3 Å². The van der Waals surface area contributed by atoms with Gasteiger partial charge in [0.1, 0.15) is 41.7 Å². The van der Waals surface area contributed by atoms with Crippen LogP contribution in [0, 0.1) is 0 Å². The molecule has 0 unspecified atom stereocenters. The molecule has 6 atom stereocenters. The molecule has 4 aromatic carbocycles. The van der Waals surface area contributed by atoms with Crippen LogP contribution in [0.2, 0.25) is 5.02 Å². The van der Waals surface area contributed by atoms with E-state index in [1.54, 1.807) is 42.5 Å². The maximum absolute atomic E-state index is 14.6. The summed E-state index contributed by atoms with van der Waals surface area (Å²) in [6.45, 7) is 3.49. The zero-order valence-corrected chi connectivity index (χ0v) is 37.3. The summed E-state index contributed by atoms with van der Waals surface area (Å²) in [5.41, 5.74) is 8.74. The average molecular weight is 910 g/mol. The maximum atomic E-state index is 14.6. The molecule has 17 heteroatoms. The van der Waals surface area contributed by atoms with Gasteiger partial charge in [-0.15, -0.1) is 0 Å². The molecule has 2 aliphatic heterocycles. The molecule has 0 aliphatic carbocycles. The van der Waals surface area contributed by atoms with Crippen LogP contribution in [0.15, 0.2) is 84.9 Å². The molecule has 6 amide bonds. The van der Waals surface area contributed by atoms with Crippen LogP contribution in [0.1, 0.15) is 73.5 Å². The molecule has 9 N–H and O–H groups in total. The van der Waals surface area contributed by atoms with Crippen LogP contribution >= 0.6 is 11.6 Å². The third-order valence-corrected chi connectivity index (χ3v) is 12.2. The first-order chi connectivity index (χ1) is 31.1. The first kappa shape index (κ1) is 48.0. The summed E-state index contributed by atoms with van der Waals surface area (Å²) in [4.78, 5) is 86.6. The quantitative estimate of drug-likeness (QED) is 0.0908. The monoisotopic (exact) mass is 909 g/mol. The number of unbranched alkanes of at least 4 members (excludes halogenated alkanes) is 1. The highest BCUT2D eigenvalue weighted by Crippen LogP contribution is 2.39. The Hall–Kier alpha value is -6.49. The number of hydrogen-bond donors (Lipinski definition) is 8. The molecule has 4 aromatic rings. The number of nitrogens with two attached hydrogens (primary N) is 1. The summed E-state index contributed by atoms with van der Waals surface area (Å²) in [6, 6.07) is 16.3. The lowest BCUT2D eigenvalue weighted by Crippen LogP contribution is -2.58. The normalized spacial score (nSPS) is 19.5. The third-order valence-electron chi connectivity index (χ3n) is 12.0. The van der Waals surface area contributed by atoms with Crippen molar-refractivity contribution in [3.05, 3.63) is 107 Å². The predicted octanol–water partition coefficient (Wildman–Crippen LogP) is 3.55. The van der Waals surface area contributed by atoms with Gasteiger partial charge < -0.3 is 52.1 Å². The second-order valence-corrected chi connectivity index (χ2v) is 17.0. The number of fused-ring (bicyclic) bond motifs is 5. The average Bonchev–Trinajstić information content (AvgIpc) is 3.78. The molecule has 2 heterocycles. The molecular weight excluding hydrogens is 854 g/mol. The predicted molar refractivity (Wildman–Crippen MR) is 244 cm³/mol. The van der Waals surface area contributed by atoms with Gasteiger partial charge in [0.25, 0.3) is 5.91 Å². The van der Waals surface area contributed by atoms with E-state index < -0.39 is 59.7 Å². The molecule has 0 spiro atoms. The molecule has 1 saturated heterocycles. The number of carbonyl (C=O) groups is 6. The van der Waals surface area contributed by atoms with Crippen LogP contribution in [0.3, 0.4) is 0 Å². The molecule has 2 aliphatic rings. The Morgan fingerprint density at radius 2 is 1.52 bits per heavy atom. The van der Waals surface area contributed by atoms with Gasteiger partial charge in [-0.3, -0.25) is 28.8 Å². The van der Waals surface area contributed by atoms with Crippen molar-refractivity contribution in [2.75, 3.05) is 26.7 Å². The number of hydrogen-bond acceptors (Lipinski definition) is 10. The Labute approximate surface area is 382 Å². The van der Waals surface area contributed by atoms with Crippen LogP contribution in [0.5, 0.6) is 11.5 Å². The largest absolute Gasteiger partial charge is 0.507 e. The first-order valence-corrected chi connectivity index (χ1v) is 22.1. The van der Waals surface area contributed by atoms with Gasteiger partial charge in [0.05, 0.1) is 12.6 Å². The summed E-state index contributed by atoms with van der Waals surface area (Å²) < 4.78 is 0. The number of aliphatic hydroxyl groups excluding tert-OH is 1. The summed E-state index contributed by atoms with van der Waals surface area (Å²) in [5.74, 6) is -4.31. The van der Waals surface area contributed by atoms with E-state index in [0.717, 1.165) is 16.0 Å². The molecule has 4 bridgehead atoms. The summed E-state index contributed by atoms with van der Waals surface area (Å²) in [7, 11) is 1.39. The standard InChI is InChI=1S/C48H56ClN7O9/c1-27-43(60)54-39(45(62)52-28(2)47(64)56-22-6-7-35(56)26-57)24-29-9-19-40(58)36(23-29)37-25-33(16-20-41(37)59)42(46(63)51-27)55(3)48(65)38(8-4-5-21-50)53-44(61)32-12-10-30(11-13-32)31-14-17-34(49)18-15-31/h9-20,23,25,27-28,35,38-39,42,57-59H,4-8,21-22,24,26,50H2,1-3H3,(H,51,63)(H,52,62)(H,53,61)(H,54,60)/t27-,28-,35-,38-,39-,42-/m0/s1. The van der Waals surface area contributed by atoms with Crippen LogP contribution in [-0.2, 0) is 30.4 Å². The molecule has 0 aromatic heterocycles. The van der Waals surface area contributed by atoms with Crippen molar-refractivity contribution in [1.29, 1.82) is 0 Å². The van der Waals surface area contributed by atoms with E-state index >= 15 is 0 Å². The van der Waals surface area contributed by atoms with Gasteiger partial charge in [0, 0.05) is 41.7 Å². The number of halogens is 1. The van der Waals surface area contributed by atoms with Gasteiger partial charge in [-0.05, 0) is 123 Å². The topological polar surface area (TPSA) is 244 Å². The number of rotatable bonds is 13. The van der Waals surface area contributed by atoms with Gasteiger partial charge in [0.15, 0.2) is 0 Å². The minimum Gasteiger partial charge on any atom is -0.507 e. The van der Waals surface area contributed by atoms with Crippen molar-refractivity contribution in [2.24, 2.45) is 5.73 Å². The van der Waals surface area contributed by atoms with Crippen molar-refractivity contribution >= 4 is 47.0 Å². The molecule has 0 saturated carbocycles. The molecule has 0 radical (unpaired) electrons. The lowest BCUT2D eigenvalue weighted by molar-refractivity contribution is -0.141. The first-order valence-electron chi connectivity index (χ1n) is 21.7.